The molecule has 0 aliphatic carbocycles. The van der Waals surface area contributed by atoms with Crippen LogP contribution in [-0.2, 0) is 6.18 Å². The number of nitrogens with zero attached hydrogens (tertiary/aromatic N) is 1. The van der Waals surface area contributed by atoms with Gasteiger partial charge in [0.2, 0.25) is 0 Å². The Balaban J connectivity index is 1.54. The Bertz CT molecular complexity index is 1460. The van der Waals surface area contributed by atoms with E-state index in [2.05, 4.69) is 10.6 Å². The zero-order valence-corrected chi connectivity index (χ0v) is 17.1. The number of nitrogens with one attached hydrogen (secondary N) is 2. The Labute approximate surface area is 188 Å². The van der Waals surface area contributed by atoms with Gasteiger partial charge in [-0.2, -0.15) is 13.2 Å². The first-order valence-corrected chi connectivity index (χ1v) is 9.68. The summed E-state index contributed by atoms with van der Waals surface area (Å²) in [5.41, 5.74) is -0.691. The maximum absolute atomic E-state index is 12.9. The van der Waals surface area contributed by atoms with E-state index in [9.17, 15) is 32.9 Å². The predicted molar refractivity (Wildman–Crippen MR) is 118 cm³/mol. The van der Waals surface area contributed by atoms with E-state index < -0.39 is 28.2 Å². The lowest BCUT2D eigenvalue weighted by Crippen LogP contribution is -2.13. The molecule has 3 aromatic carbocycles. The van der Waals surface area contributed by atoms with Gasteiger partial charge >= 0.3 is 11.8 Å². The summed E-state index contributed by atoms with van der Waals surface area (Å²) >= 11 is 0. The number of benzene rings is 3. The fourth-order valence-electron chi connectivity index (χ4n) is 3.20. The van der Waals surface area contributed by atoms with Gasteiger partial charge in [0.25, 0.3) is 11.6 Å². The maximum Gasteiger partial charge on any atom is 0.416 e. The molecule has 0 aliphatic heterocycles. The van der Waals surface area contributed by atoms with Gasteiger partial charge in [-0.1, -0.05) is 6.07 Å². The van der Waals surface area contributed by atoms with Crippen LogP contribution in [-0.4, -0.2) is 10.8 Å². The average molecular weight is 469 g/mol. The van der Waals surface area contributed by atoms with E-state index in [1.54, 1.807) is 12.1 Å². The minimum Gasteiger partial charge on any atom is -0.423 e. The largest absolute Gasteiger partial charge is 0.423 e. The van der Waals surface area contributed by atoms with Gasteiger partial charge in [-0.25, -0.2) is 4.79 Å². The van der Waals surface area contributed by atoms with Crippen molar-refractivity contribution < 1.29 is 27.3 Å². The summed E-state index contributed by atoms with van der Waals surface area (Å²) in [5.74, 6) is -0.717. The molecule has 0 unspecified atom stereocenters. The minimum absolute atomic E-state index is 0.152. The molecule has 0 saturated heterocycles. The molecular weight excluding hydrogens is 455 g/mol. The first-order valence-electron chi connectivity index (χ1n) is 9.68. The van der Waals surface area contributed by atoms with Crippen molar-refractivity contribution in [2.75, 3.05) is 10.6 Å². The highest BCUT2D eigenvalue weighted by Crippen LogP contribution is 2.30. The molecular formula is C23H14F3N3O5. The van der Waals surface area contributed by atoms with Gasteiger partial charge in [0.15, 0.2) is 0 Å². The van der Waals surface area contributed by atoms with E-state index in [0.29, 0.717) is 16.8 Å². The Morgan fingerprint density at radius 3 is 2.32 bits per heavy atom. The molecule has 172 valence electrons. The molecule has 1 amide bonds. The van der Waals surface area contributed by atoms with Gasteiger partial charge < -0.3 is 15.1 Å². The van der Waals surface area contributed by atoms with Crippen LogP contribution in [0.1, 0.15) is 15.9 Å². The first kappa shape index (κ1) is 22.5. The summed E-state index contributed by atoms with van der Waals surface area (Å²) in [6.45, 7) is 0. The van der Waals surface area contributed by atoms with Crippen LogP contribution in [0.2, 0.25) is 0 Å². The second-order valence-corrected chi connectivity index (χ2v) is 7.15. The lowest BCUT2D eigenvalue weighted by molar-refractivity contribution is -0.384. The van der Waals surface area contributed by atoms with Crippen LogP contribution in [0.25, 0.3) is 11.0 Å². The van der Waals surface area contributed by atoms with Crippen molar-refractivity contribution in [3.05, 3.63) is 104 Å². The Hall–Kier alpha value is -4.67. The normalized spacial score (nSPS) is 11.3. The molecule has 8 nitrogen and oxygen atoms in total. The molecule has 0 radical (unpaired) electrons. The van der Waals surface area contributed by atoms with Crippen molar-refractivity contribution in [3.63, 3.8) is 0 Å². The number of rotatable bonds is 5. The molecule has 34 heavy (non-hydrogen) atoms. The number of hydrogen-bond donors (Lipinski definition) is 2. The lowest BCUT2D eigenvalue weighted by Gasteiger charge is -2.11. The molecule has 0 fully saturated rings. The number of nitro groups is 1. The van der Waals surface area contributed by atoms with Gasteiger partial charge in [0.1, 0.15) is 5.58 Å². The molecule has 0 bridgehead atoms. The average Bonchev–Trinajstić information content (AvgIpc) is 2.79. The monoisotopic (exact) mass is 469 g/mol. The fourth-order valence-corrected chi connectivity index (χ4v) is 3.20. The SMILES string of the molecule is O=C(Nc1ccc(Nc2cc(=O)oc3ccc([N+](=O)[O-])cc23)cc1)c1cccc(C(F)(F)F)c1. The standard InChI is InChI=1S/C23H14F3N3O5/c24-23(25,26)14-3-1-2-13(10-14)22(31)28-16-6-4-15(5-7-16)27-19-12-21(30)34-20-9-8-17(29(32)33)11-18(19)20/h1-12,27H,(H,28,31). The Kier molecular flexibility index (Phi) is 5.76. The van der Waals surface area contributed by atoms with Crippen LogP contribution in [0.5, 0.6) is 0 Å². The molecule has 11 heteroatoms. The van der Waals surface area contributed by atoms with E-state index >= 15 is 0 Å². The number of anilines is 3. The first-order chi connectivity index (χ1) is 16.1. The zero-order chi connectivity index (χ0) is 24.5. The van der Waals surface area contributed by atoms with Gasteiger partial charge in [0, 0.05) is 40.5 Å². The van der Waals surface area contributed by atoms with Crippen LogP contribution in [0, 0.1) is 10.1 Å². The molecule has 0 spiro atoms. The third-order valence-electron chi connectivity index (χ3n) is 4.81. The number of carbonyl (C=O) groups is 1. The minimum atomic E-state index is -4.57. The van der Waals surface area contributed by atoms with Crippen molar-refractivity contribution in [3.8, 4) is 0 Å². The molecule has 2 N–H and O–H groups in total. The van der Waals surface area contributed by atoms with Crippen LogP contribution in [0.3, 0.4) is 0 Å². The van der Waals surface area contributed by atoms with E-state index in [-0.39, 0.29) is 22.5 Å². The number of non-ortho nitro benzene ring substituents is 1. The second-order valence-electron chi connectivity index (χ2n) is 7.15. The number of hydrogen-bond acceptors (Lipinski definition) is 6. The highest BCUT2D eigenvalue weighted by molar-refractivity contribution is 6.04. The van der Waals surface area contributed by atoms with Crippen molar-refractivity contribution >= 4 is 39.6 Å². The number of amides is 1. The maximum atomic E-state index is 12.9. The number of fused-ring (bicyclic) bond motifs is 1. The fraction of sp³-hybridized carbons (Fsp3) is 0.0435. The molecule has 4 rings (SSSR count). The zero-order valence-electron chi connectivity index (χ0n) is 17.1. The van der Waals surface area contributed by atoms with Gasteiger partial charge in [-0.15, -0.1) is 0 Å². The second kappa shape index (κ2) is 8.70. The molecule has 1 heterocycles. The van der Waals surface area contributed by atoms with Crippen LogP contribution in [0.4, 0.5) is 35.9 Å². The third kappa shape index (κ3) is 4.88. The highest BCUT2D eigenvalue weighted by Gasteiger charge is 2.30. The van der Waals surface area contributed by atoms with Crippen molar-refractivity contribution in [2.24, 2.45) is 0 Å². The summed E-state index contributed by atoms with van der Waals surface area (Å²) in [6, 6.07) is 15.1. The van der Waals surface area contributed by atoms with Gasteiger partial charge in [-0.05, 0) is 48.5 Å². The topological polar surface area (TPSA) is 114 Å². The Morgan fingerprint density at radius 1 is 0.941 bits per heavy atom. The van der Waals surface area contributed by atoms with E-state index in [1.807, 2.05) is 0 Å². The summed E-state index contributed by atoms with van der Waals surface area (Å²) in [5, 5.41) is 16.9. The van der Waals surface area contributed by atoms with Crippen molar-refractivity contribution in [1.82, 2.24) is 0 Å². The summed E-state index contributed by atoms with van der Waals surface area (Å²) in [6.07, 6.45) is -4.57. The number of alkyl halides is 3. The molecule has 0 saturated carbocycles. The number of nitro benzene ring substituents is 1. The quantitative estimate of drug-likeness (QED) is 0.220. The van der Waals surface area contributed by atoms with Crippen molar-refractivity contribution in [1.29, 1.82) is 0 Å². The number of halogens is 3. The van der Waals surface area contributed by atoms with Crippen LogP contribution < -0.4 is 16.3 Å². The van der Waals surface area contributed by atoms with Gasteiger partial charge in [-0.3, -0.25) is 14.9 Å². The van der Waals surface area contributed by atoms with Crippen LogP contribution in [0.15, 0.2) is 82.0 Å². The molecule has 1 aromatic heterocycles. The molecule has 0 atom stereocenters. The highest BCUT2D eigenvalue weighted by atomic mass is 19.4. The van der Waals surface area contributed by atoms with Crippen LogP contribution >= 0.6 is 0 Å². The summed E-state index contributed by atoms with van der Waals surface area (Å²) < 4.78 is 43.7. The molecule has 4 aromatic rings. The predicted octanol–water partition coefficient (Wildman–Crippen LogP) is 5.72. The van der Waals surface area contributed by atoms with E-state index in [0.717, 1.165) is 24.3 Å². The lowest BCUT2D eigenvalue weighted by atomic mass is 10.1. The molecule has 0 aliphatic rings. The summed E-state index contributed by atoms with van der Waals surface area (Å²) in [7, 11) is 0. The number of carbonyl (C=O) groups excluding carboxylic acids is 1. The van der Waals surface area contributed by atoms with E-state index in [1.165, 1.54) is 36.4 Å². The third-order valence-corrected chi connectivity index (χ3v) is 4.81. The Morgan fingerprint density at radius 2 is 1.65 bits per heavy atom. The van der Waals surface area contributed by atoms with Gasteiger partial charge in [0.05, 0.1) is 16.2 Å². The van der Waals surface area contributed by atoms with E-state index in [4.69, 9.17) is 4.42 Å². The van der Waals surface area contributed by atoms with Crippen molar-refractivity contribution in [2.45, 2.75) is 6.18 Å². The summed E-state index contributed by atoms with van der Waals surface area (Å²) in [4.78, 5) is 34.7. The smallest absolute Gasteiger partial charge is 0.416 e.